The van der Waals surface area contributed by atoms with E-state index >= 15 is 0 Å². The smallest absolute Gasteiger partial charge is 0.245 e. The highest BCUT2D eigenvalue weighted by Crippen LogP contribution is 2.24. The van der Waals surface area contributed by atoms with Crippen LogP contribution in [0.25, 0.3) is 0 Å². The fraction of sp³-hybridized carbons (Fsp3) is 0.750. The molecule has 1 aromatic heterocycles. The van der Waals surface area contributed by atoms with Crippen molar-refractivity contribution in [2.24, 2.45) is 0 Å². The predicted octanol–water partition coefficient (Wildman–Crippen LogP) is 1.90. The molecule has 110 valence electrons. The molecule has 0 aliphatic heterocycles. The number of rotatable bonds is 8. The average molecular weight is 288 g/mol. The van der Waals surface area contributed by atoms with E-state index in [9.17, 15) is 8.42 Å². The van der Waals surface area contributed by atoms with Crippen molar-refractivity contribution < 1.29 is 8.42 Å². The first kappa shape index (κ1) is 16.0. The Morgan fingerprint density at radius 1 is 1.37 bits per heavy atom. The van der Waals surface area contributed by atoms with Crippen molar-refractivity contribution >= 4 is 15.8 Å². The van der Waals surface area contributed by atoms with Crippen molar-refractivity contribution in [3.05, 3.63) is 6.20 Å². The van der Waals surface area contributed by atoms with Crippen LogP contribution in [0.1, 0.15) is 52.5 Å². The highest BCUT2D eigenvalue weighted by atomic mass is 32.2. The van der Waals surface area contributed by atoms with E-state index in [1.54, 1.807) is 4.68 Å². The Labute approximate surface area is 115 Å². The summed E-state index contributed by atoms with van der Waals surface area (Å²) in [6, 6.07) is 0.139. The molecule has 0 saturated heterocycles. The topological polar surface area (TPSA) is 90.0 Å². The number of aromatic nitrogens is 2. The molecule has 0 amide bonds. The highest BCUT2D eigenvalue weighted by molar-refractivity contribution is 7.89. The molecule has 1 heterocycles. The molecule has 0 unspecified atom stereocenters. The normalized spacial score (nSPS) is 12.2. The number of nitrogens with zero attached hydrogens (tertiary/aromatic N) is 2. The second kappa shape index (κ2) is 6.91. The van der Waals surface area contributed by atoms with Gasteiger partial charge in [0.15, 0.2) is 0 Å². The lowest BCUT2D eigenvalue weighted by Gasteiger charge is -2.15. The Morgan fingerprint density at radius 3 is 2.53 bits per heavy atom. The molecule has 0 aliphatic carbocycles. The summed E-state index contributed by atoms with van der Waals surface area (Å²) in [5.41, 5.74) is 5.93. The quantitative estimate of drug-likeness (QED) is 0.715. The van der Waals surface area contributed by atoms with Gasteiger partial charge in [0.05, 0.1) is 12.2 Å². The minimum absolute atomic E-state index is 0.0792. The second-order valence-corrected chi connectivity index (χ2v) is 6.30. The van der Waals surface area contributed by atoms with Crippen molar-refractivity contribution in [3.63, 3.8) is 0 Å². The average Bonchev–Trinajstić information content (AvgIpc) is 2.74. The van der Waals surface area contributed by atoms with Gasteiger partial charge in [-0.3, -0.25) is 0 Å². The van der Waals surface area contributed by atoms with E-state index in [0.717, 1.165) is 25.7 Å². The van der Waals surface area contributed by atoms with E-state index in [1.807, 2.05) is 20.8 Å². The van der Waals surface area contributed by atoms with Gasteiger partial charge in [-0.2, -0.15) is 5.10 Å². The highest BCUT2D eigenvalue weighted by Gasteiger charge is 2.23. The lowest BCUT2D eigenvalue weighted by Crippen LogP contribution is -2.25. The molecule has 7 heteroatoms. The third-order valence-corrected chi connectivity index (χ3v) is 4.68. The Morgan fingerprint density at radius 2 is 2.00 bits per heavy atom. The molecule has 0 bridgehead atoms. The van der Waals surface area contributed by atoms with Gasteiger partial charge in [0.25, 0.3) is 0 Å². The first-order chi connectivity index (χ1) is 8.97. The molecular formula is C12H24N4O2S. The third-order valence-electron chi connectivity index (χ3n) is 3.20. The van der Waals surface area contributed by atoms with Crippen LogP contribution >= 0.6 is 0 Å². The van der Waals surface area contributed by atoms with Crippen molar-refractivity contribution in [2.75, 3.05) is 12.3 Å². The van der Waals surface area contributed by atoms with Gasteiger partial charge in [-0.25, -0.2) is 17.8 Å². The van der Waals surface area contributed by atoms with Crippen LogP contribution in [0, 0.1) is 0 Å². The van der Waals surface area contributed by atoms with Gasteiger partial charge >= 0.3 is 0 Å². The van der Waals surface area contributed by atoms with E-state index in [2.05, 4.69) is 9.82 Å². The summed E-state index contributed by atoms with van der Waals surface area (Å²) < 4.78 is 28.3. The van der Waals surface area contributed by atoms with Crippen LogP contribution in [0.4, 0.5) is 5.82 Å². The number of sulfonamides is 1. The van der Waals surface area contributed by atoms with Gasteiger partial charge in [-0.15, -0.1) is 0 Å². The van der Waals surface area contributed by atoms with Crippen LogP contribution in [0.2, 0.25) is 0 Å². The van der Waals surface area contributed by atoms with E-state index in [4.69, 9.17) is 5.73 Å². The molecule has 19 heavy (non-hydrogen) atoms. The van der Waals surface area contributed by atoms with Crippen LogP contribution in [-0.4, -0.2) is 24.7 Å². The molecule has 0 saturated carbocycles. The number of nitrogen functional groups attached to an aromatic ring is 1. The fourth-order valence-corrected chi connectivity index (χ4v) is 3.07. The van der Waals surface area contributed by atoms with E-state index in [1.165, 1.54) is 6.20 Å². The van der Waals surface area contributed by atoms with Crippen LogP contribution in [0.5, 0.6) is 0 Å². The number of hydrogen-bond donors (Lipinski definition) is 2. The number of anilines is 1. The molecule has 0 aromatic carbocycles. The first-order valence-corrected chi connectivity index (χ1v) is 8.28. The summed E-state index contributed by atoms with van der Waals surface area (Å²) in [7, 11) is -3.55. The minimum Gasteiger partial charge on any atom is -0.383 e. The van der Waals surface area contributed by atoms with Crippen molar-refractivity contribution in [3.8, 4) is 0 Å². The fourth-order valence-electron chi connectivity index (χ4n) is 1.95. The summed E-state index contributed by atoms with van der Waals surface area (Å²) >= 11 is 0. The summed E-state index contributed by atoms with van der Waals surface area (Å²) in [5.74, 6) is 0.220. The Kier molecular flexibility index (Phi) is 5.81. The summed E-state index contributed by atoms with van der Waals surface area (Å²) in [6.07, 6.45) is 4.81. The molecule has 6 nitrogen and oxygen atoms in total. The molecule has 1 rings (SSSR count). The van der Waals surface area contributed by atoms with E-state index in [0.29, 0.717) is 6.54 Å². The standard InChI is InChI=1S/C12H24N4O2S/c1-4-7-8-15-19(17,18)11-9-14-16(12(11)13)10(5-2)6-3/h9-10,15H,4-8,13H2,1-3H3. The van der Waals surface area contributed by atoms with Crippen molar-refractivity contribution in [2.45, 2.75) is 57.4 Å². The number of unbranched alkanes of at least 4 members (excludes halogenated alkanes) is 1. The zero-order chi connectivity index (χ0) is 14.5. The molecule has 0 atom stereocenters. The molecule has 0 aliphatic rings. The van der Waals surface area contributed by atoms with Crippen LogP contribution in [-0.2, 0) is 10.0 Å². The van der Waals surface area contributed by atoms with Crippen LogP contribution < -0.4 is 10.5 Å². The summed E-state index contributed by atoms with van der Waals surface area (Å²) in [6.45, 7) is 6.49. The number of hydrogen-bond acceptors (Lipinski definition) is 4. The van der Waals surface area contributed by atoms with Crippen LogP contribution in [0.3, 0.4) is 0 Å². The van der Waals surface area contributed by atoms with E-state index in [-0.39, 0.29) is 16.8 Å². The maximum absolute atomic E-state index is 12.1. The van der Waals surface area contributed by atoms with Crippen molar-refractivity contribution in [1.29, 1.82) is 0 Å². The monoisotopic (exact) mass is 288 g/mol. The molecule has 1 aromatic rings. The maximum Gasteiger partial charge on any atom is 0.245 e. The zero-order valence-corrected chi connectivity index (χ0v) is 12.7. The molecular weight excluding hydrogens is 264 g/mol. The molecule has 3 N–H and O–H groups in total. The van der Waals surface area contributed by atoms with Gasteiger partial charge < -0.3 is 5.73 Å². The summed E-state index contributed by atoms with van der Waals surface area (Å²) in [4.78, 5) is 0.0792. The Balaban J connectivity index is 2.96. The maximum atomic E-state index is 12.1. The van der Waals surface area contributed by atoms with Gasteiger partial charge in [0.1, 0.15) is 10.7 Å². The third kappa shape index (κ3) is 3.70. The van der Waals surface area contributed by atoms with E-state index < -0.39 is 10.0 Å². The first-order valence-electron chi connectivity index (χ1n) is 6.80. The molecule has 0 fully saturated rings. The molecule has 0 spiro atoms. The second-order valence-electron chi connectivity index (χ2n) is 4.56. The minimum atomic E-state index is -3.55. The SMILES string of the molecule is CCCCNS(=O)(=O)c1cnn(C(CC)CC)c1N. The van der Waals surface area contributed by atoms with Crippen molar-refractivity contribution in [1.82, 2.24) is 14.5 Å². The van der Waals surface area contributed by atoms with Gasteiger partial charge in [0, 0.05) is 6.54 Å². The lowest BCUT2D eigenvalue weighted by atomic mass is 10.2. The molecule has 0 radical (unpaired) electrons. The Hall–Kier alpha value is -1.08. The number of nitrogens with two attached hydrogens (primary N) is 1. The van der Waals surface area contributed by atoms with Gasteiger partial charge in [-0.1, -0.05) is 27.2 Å². The largest absolute Gasteiger partial charge is 0.383 e. The predicted molar refractivity (Wildman–Crippen MR) is 76.4 cm³/mol. The Bertz CT molecular complexity index is 492. The van der Waals surface area contributed by atoms with Gasteiger partial charge in [-0.05, 0) is 19.3 Å². The summed E-state index contributed by atoms with van der Waals surface area (Å²) in [5, 5.41) is 4.12. The zero-order valence-electron chi connectivity index (χ0n) is 11.9. The van der Waals surface area contributed by atoms with Crippen LogP contribution in [0.15, 0.2) is 11.1 Å². The number of nitrogens with one attached hydrogen (secondary N) is 1. The lowest BCUT2D eigenvalue weighted by molar-refractivity contribution is 0.434. The van der Waals surface area contributed by atoms with Gasteiger partial charge in [0.2, 0.25) is 10.0 Å².